The molecule has 5 rings (SSSR count). The Morgan fingerprint density at radius 2 is 1.74 bits per heavy atom. The number of aromatic nitrogens is 1. The van der Waals surface area contributed by atoms with Crippen LogP contribution < -0.4 is 20.8 Å². The molecule has 0 spiro atoms. The normalized spacial score (nSPS) is 16.5. The van der Waals surface area contributed by atoms with Gasteiger partial charge in [0.2, 0.25) is 21.4 Å². The summed E-state index contributed by atoms with van der Waals surface area (Å²) in [6.07, 6.45) is 3.08. The number of carbonyl (C=O) groups is 2. The summed E-state index contributed by atoms with van der Waals surface area (Å²) in [6, 6.07) is 8.36. The molecular weight excluding hydrogens is 517 g/mol. The summed E-state index contributed by atoms with van der Waals surface area (Å²) in [5.41, 5.74) is 0.198. The van der Waals surface area contributed by atoms with Crippen LogP contribution in [0.5, 0.6) is 0 Å². The Hall–Kier alpha value is -3.81. The molecule has 0 unspecified atom stereocenters. The van der Waals surface area contributed by atoms with Crippen molar-refractivity contribution in [3.63, 3.8) is 0 Å². The number of carbonyl (C=O) groups excluding carboxylic acids is 1. The van der Waals surface area contributed by atoms with Crippen LogP contribution in [0.15, 0.2) is 52.3 Å². The van der Waals surface area contributed by atoms with Gasteiger partial charge < -0.3 is 19.9 Å². The number of carboxylic acids is 1. The lowest BCUT2D eigenvalue weighted by molar-refractivity contribution is -0.117. The molecule has 1 saturated carbocycles. The lowest BCUT2D eigenvalue weighted by Crippen LogP contribution is -2.49. The number of hydrogen-bond acceptors (Lipinski definition) is 7. The van der Waals surface area contributed by atoms with Crippen LogP contribution in [0, 0.1) is 5.82 Å². The minimum atomic E-state index is -3.82. The molecule has 2 aromatic carbocycles. The molecule has 4 N–H and O–H groups in total. The first-order chi connectivity index (χ1) is 18.0. The van der Waals surface area contributed by atoms with Gasteiger partial charge in [0.1, 0.15) is 11.4 Å². The van der Waals surface area contributed by atoms with Crippen molar-refractivity contribution < 1.29 is 27.5 Å². The third-order valence-electron chi connectivity index (χ3n) is 6.82. The fourth-order valence-electron chi connectivity index (χ4n) is 4.69. The quantitative estimate of drug-likeness (QED) is 0.406. The zero-order valence-electron chi connectivity index (χ0n) is 20.3. The van der Waals surface area contributed by atoms with Crippen LogP contribution in [-0.2, 0) is 14.8 Å². The van der Waals surface area contributed by atoms with Crippen molar-refractivity contribution in [2.24, 2.45) is 5.14 Å². The summed E-state index contributed by atoms with van der Waals surface area (Å²) < 4.78 is 39.7. The number of aromatic carboxylic acids is 1. The van der Waals surface area contributed by atoms with Crippen LogP contribution in [0.4, 0.5) is 15.8 Å². The Morgan fingerprint density at radius 3 is 2.32 bits per heavy atom. The van der Waals surface area contributed by atoms with Crippen molar-refractivity contribution in [2.75, 3.05) is 42.9 Å². The molecule has 3 aromatic rings. The number of nitrogens with two attached hydrogens (primary N) is 1. The van der Waals surface area contributed by atoms with Gasteiger partial charge in [0.25, 0.3) is 0 Å². The van der Waals surface area contributed by atoms with Gasteiger partial charge in [-0.05, 0) is 49.2 Å². The second-order valence-electron chi connectivity index (χ2n) is 9.52. The highest BCUT2D eigenvalue weighted by Gasteiger charge is 2.28. The van der Waals surface area contributed by atoms with Gasteiger partial charge in [-0.2, -0.15) is 0 Å². The number of piperazine rings is 1. The molecule has 1 aromatic heterocycles. The number of primary sulfonamides is 1. The maximum absolute atomic E-state index is 15.2. The van der Waals surface area contributed by atoms with E-state index in [1.54, 1.807) is 10.6 Å². The van der Waals surface area contributed by atoms with Gasteiger partial charge in [-0.1, -0.05) is 0 Å². The summed E-state index contributed by atoms with van der Waals surface area (Å²) in [7, 11) is -3.82. The molecule has 1 amide bonds. The van der Waals surface area contributed by atoms with Crippen molar-refractivity contribution in [3.8, 4) is 0 Å². The van der Waals surface area contributed by atoms with E-state index in [2.05, 4.69) is 5.32 Å². The van der Waals surface area contributed by atoms with Crippen LogP contribution >= 0.6 is 0 Å². The van der Waals surface area contributed by atoms with E-state index in [1.807, 2.05) is 9.80 Å². The number of amides is 1. The van der Waals surface area contributed by atoms with Gasteiger partial charge in [-0.3, -0.25) is 14.5 Å². The fourth-order valence-corrected chi connectivity index (χ4v) is 5.20. The van der Waals surface area contributed by atoms with Crippen LogP contribution in [-0.4, -0.2) is 67.6 Å². The van der Waals surface area contributed by atoms with Crippen LogP contribution in [0.2, 0.25) is 0 Å². The maximum atomic E-state index is 15.2. The molecule has 0 radical (unpaired) electrons. The number of sulfonamides is 1. The summed E-state index contributed by atoms with van der Waals surface area (Å²) in [4.78, 5) is 40.4. The first-order valence-corrected chi connectivity index (χ1v) is 13.6. The molecule has 2 aliphatic rings. The van der Waals surface area contributed by atoms with E-state index in [9.17, 15) is 27.9 Å². The molecule has 0 bridgehead atoms. The summed E-state index contributed by atoms with van der Waals surface area (Å²) in [5, 5.41) is 17.3. The van der Waals surface area contributed by atoms with Crippen molar-refractivity contribution in [2.45, 2.75) is 23.8 Å². The molecular formula is C25H26FN5O6S. The zero-order chi connectivity index (χ0) is 27.2. The Kier molecular flexibility index (Phi) is 6.67. The topological polar surface area (TPSA) is 155 Å². The minimum Gasteiger partial charge on any atom is -0.477 e. The van der Waals surface area contributed by atoms with Crippen LogP contribution in [0.25, 0.3) is 10.9 Å². The summed E-state index contributed by atoms with van der Waals surface area (Å²) in [5.74, 6) is -2.22. The predicted octanol–water partition coefficient (Wildman–Crippen LogP) is 1.58. The van der Waals surface area contributed by atoms with Gasteiger partial charge in [-0.25, -0.2) is 22.7 Å². The van der Waals surface area contributed by atoms with E-state index in [4.69, 9.17) is 5.14 Å². The Balaban J connectivity index is 1.27. The number of hydrogen-bond donors (Lipinski definition) is 3. The van der Waals surface area contributed by atoms with E-state index < -0.39 is 27.2 Å². The van der Waals surface area contributed by atoms with Crippen molar-refractivity contribution in [3.05, 3.63) is 64.2 Å². The summed E-state index contributed by atoms with van der Waals surface area (Å²) in [6.45, 7) is 1.97. The molecule has 13 heteroatoms. The number of fused-ring (bicyclic) bond motifs is 1. The Bertz CT molecular complexity index is 1590. The van der Waals surface area contributed by atoms with E-state index in [0.717, 1.165) is 18.9 Å². The van der Waals surface area contributed by atoms with E-state index in [0.29, 0.717) is 43.1 Å². The molecule has 38 heavy (non-hydrogen) atoms. The minimum absolute atomic E-state index is 0.0467. The van der Waals surface area contributed by atoms with Crippen LogP contribution in [0.3, 0.4) is 0 Å². The molecule has 2 heterocycles. The van der Waals surface area contributed by atoms with Gasteiger partial charge in [-0.15, -0.1) is 0 Å². The lowest BCUT2D eigenvalue weighted by Gasteiger charge is -2.36. The lowest BCUT2D eigenvalue weighted by atomic mass is 10.1. The number of halogens is 1. The first kappa shape index (κ1) is 25.8. The third-order valence-corrected chi connectivity index (χ3v) is 7.75. The van der Waals surface area contributed by atoms with Crippen LogP contribution in [0.1, 0.15) is 29.2 Å². The first-order valence-electron chi connectivity index (χ1n) is 12.0. The van der Waals surface area contributed by atoms with Gasteiger partial charge in [0.15, 0.2) is 0 Å². The standard InChI is InChI=1S/C25H26FN5O6S/c26-20-11-18-21(31(16-3-4-16)13-19(24(18)33)25(34)35)12-22(20)30-9-7-29(8-10-30)14-23(32)28-15-1-5-17(6-2-15)38(27,36)37/h1-2,5-6,11-13,16H,3-4,7-10,14H2,(H,28,32)(H,34,35)(H2,27,36,37). The molecule has 200 valence electrons. The fraction of sp³-hybridized carbons (Fsp3) is 0.320. The van der Waals surface area contributed by atoms with E-state index in [-0.39, 0.29) is 34.3 Å². The number of pyridine rings is 1. The highest BCUT2D eigenvalue weighted by Crippen LogP contribution is 2.38. The number of carboxylic acid groups (broad SMARTS) is 1. The average Bonchev–Trinajstić information content (AvgIpc) is 3.70. The van der Waals surface area contributed by atoms with Crippen molar-refractivity contribution in [1.82, 2.24) is 9.47 Å². The number of anilines is 2. The van der Waals surface area contributed by atoms with Gasteiger partial charge in [0, 0.05) is 49.5 Å². The zero-order valence-corrected chi connectivity index (χ0v) is 21.1. The maximum Gasteiger partial charge on any atom is 0.341 e. The molecule has 2 fully saturated rings. The second kappa shape index (κ2) is 9.82. The number of nitrogens with zero attached hydrogens (tertiary/aromatic N) is 3. The number of benzene rings is 2. The smallest absolute Gasteiger partial charge is 0.341 e. The predicted molar refractivity (Wildman–Crippen MR) is 138 cm³/mol. The third kappa shape index (κ3) is 5.26. The molecule has 1 aliphatic carbocycles. The number of nitrogens with one attached hydrogen (secondary N) is 1. The van der Waals surface area contributed by atoms with Crippen molar-refractivity contribution >= 4 is 44.2 Å². The molecule has 0 atom stereocenters. The Morgan fingerprint density at radius 1 is 1.08 bits per heavy atom. The molecule has 1 aliphatic heterocycles. The highest BCUT2D eigenvalue weighted by molar-refractivity contribution is 7.89. The second-order valence-corrected chi connectivity index (χ2v) is 11.1. The van der Waals surface area contributed by atoms with Gasteiger partial charge >= 0.3 is 5.97 Å². The van der Waals surface area contributed by atoms with Crippen molar-refractivity contribution in [1.29, 1.82) is 0 Å². The average molecular weight is 544 g/mol. The largest absolute Gasteiger partial charge is 0.477 e. The summed E-state index contributed by atoms with van der Waals surface area (Å²) >= 11 is 0. The van der Waals surface area contributed by atoms with E-state index in [1.165, 1.54) is 30.5 Å². The Labute approximate surface area is 217 Å². The number of rotatable bonds is 7. The van der Waals surface area contributed by atoms with E-state index >= 15 is 4.39 Å². The van der Waals surface area contributed by atoms with Gasteiger partial charge in [0.05, 0.1) is 22.6 Å². The monoisotopic (exact) mass is 543 g/mol. The molecule has 1 saturated heterocycles. The molecule has 11 nitrogen and oxygen atoms in total. The highest BCUT2D eigenvalue weighted by atomic mass is 32.2. The SMILES string of the molecule is NS(=O)(=O)c1ccc(NC(=O)CN2CCN(c3cc4c(cc3F)c(=O)c(C(=O)O)cn4C3CC3)CC2)cc1.